The van der Waals surface area contributed by atoms with Crippen molar-refractivity contribution in [2.24, 2.45) is 56.2 Å². The summed E-state index contributed by atoms with van der Waals surface area (Å²) in [7, 11) is -2.89. The van der Waals surface area contributed by atoms with E-state index in [0.717, 1.165) is 19.5 Å². The number of carbonyl (C=O) groups is 1. The smallest absolute Gasteiger partial charge is 0.313 e. The largest absolute Gasteiger partial charge is 0.481 e. The Hall–Kier alpha value is -3.00. The zero-order chi connectivity index (χ0) is 43.1. The second kappa shape index (κ2) is 15.1. The Morgan fingerprint density at radius 2 is 1.68 bits per heavy atom. The van der Waals surface area contributed by atoms with Crippen molar-refractivity contribution in [1.82, 2.24) is 15.2 Å². The lowest BCUT2D eigenvalue weighted by molar-refractivity contribution is -0.240. The average Bonchev–Trinajstić information content (AvgIpc) is 3.51. The van der Waals surface area contributed by atoms with Crippen LogP contribution in [0.2, 0.25) is 0 Å². The van der Waals surface area contributed by atoms with Crippen LogP contribution in [0.25, 0.3) is 0 Å². The maximum Gasteiger partial charge on any atom is 0.313 e. The summed E-state index contributed by atoms with van der Waals surface area (Å²) in [5.41, 5.74) is 4.02. The molecule has 0 spiro atoms. The molecule has 9 nitrogen and oxygen atoms in total. The first-order valence-electron chi connectivity index (χ1n) is 23.2. The number of hydrogen-bond donors (Lipinski definition) is 2. The summed E-state index contributed by atoms with van der Waals surface area (Å²) in [6.45, 7) is 25.7. The molecule has 0 radical (unpaired) electrons. The van der Waals surface area contributed by atoms with Gasteiger partial charge < -0.3 is 20.1 Å². The van der Waals surface area contributed by atoms with Gasteiger partial charge in [0.05, 0.1) is 11.5 Å². The molecule has 328 valence electrons. The molecular weight excluding hydrogens is 769 g/mol. The molecular formula is C50H72N4O5S. The molecule has 1 saturated heterocycles. The van der Waals surface area contributed by atoms with Crippen molar-refractivity contribution in [1.29, 1.82) is 5.26 Å². The van der Waals surface area contributed by atoms with Crippen molar-refractivity contribution >= 4 is 15.8 Å². The van der Waals surface area contributed by atoms with Crippen LogP contribution in [-0.2, 0) is 14.6 Å². The van der Waals surface area contributed by atoms with E-state index in [0.29, 0.717) is 61.6 Å². The molecule has 4 saturated carbocycles. The monoisotopic (exact) mass is 841 g/mol. The maximum atomic E-state index is 12.8. The van der Waals surface area contributed by atoms with Gasteiger partial charge >= 0.3 is 5.97 Å². The molecule has 8 rings (SSSR count). The molecule has 6 aliphatic carbocycles. The minimum Gasteiger partial charge on any atom is -0.481 e. The first-order chi connectivity index (χ1) is 28.2. The molecule has 60 heavy (non-hydrogen) atoms. The Labute approximate surface area is 360 Å². The first kappa shape index (κ1) is 43.6. The van der Waals surface area contributed by atoms with Gasteiger partial charge in [-0.3, -0.25) is 4.79 Å². The number of aromatic nitrogens is 1. The number of nitrogens with zero attached hydrogens (tertiary/aromatic N) is 3. The minimum atomic E-state index is -2.89. The molecule has 10 atom stereocenters. The highest BCUT2D eigenvalue weighted by Crippen LogP contribution is 2.79. The van der Waals surface area contributed by atoms with Crippen molar-refractivity contribution in [3.05, 3.63) is 59.3 Å². The summed E-state index contributed by atoms with van der Waals surface area (Å²) in [6, 6.07) is 5.43. The van der Waals surface area contributed by atoms with Gasteiger partial charge in [0.1, 0.15) is 23.7 Å². The molecule has 10 heteroatoms. The Bertz CT molecular complexity index is 2110. The molecule has 0 amide bonds. The molecule has 1 aromatic heterocycles. The van der Waals surface area contributed by atoms with Gasteiger partial charge in [0.2, 0.25) is 5.88 Å². The summed E-state index contributed by atoms with van der Waals surface area (Å²) in [5, 5.41) is 24.3. The second-order valence-electron chi connectivity index (χ2n) is 22.2. The zero-order valence-corrected chi connectivity index (χ0v) is 38.5. The fraction of sp³-hybridized carbons (Fsp3) is 0.740. The molecule has 1 aromatic rings. The van der Waals surface area contributed by atoms with Crippen LogP contribution < -0.4 is 10.1 Å². The highest BCUT2D eigenvalue weighted by atomic mass is 32.2. The van der Waals surface area contributed by atoms with Crippen molar-refractivity contribution in [3.8, 4) is 11.9 Å². The lowest BCUT2D eigenvalue weighted by Crippen LogP contribution is -2.71. The number of nitrogens with one attached hydrogen (secondary N) is 1. The number of ether oxygens (including phenoxy) is 1. The van der Waals surface area contributed by atoms with Gasteiger partial charge in [-0.15, -0.1) is 0 Å². The number of fused-ring (bicyclic) bond motifs is 7. The van der Waals surface area contributed by atoms with Gasteiger partial charge in [-0.05, 0) is 158 Å². The molecule has 0 bridgehead atoms. The summed E-state index contributed by atoms with van der Waals surface area (Å²) in [6.07, 6.45) is 18.7. The van der Waals surface area contributed by atoms with Crippen molar-refractivity contribution in [2.75, 3.05) is 44.3 Å². The number of carboxylic acids is 1. The fourth-order valence-electron chi connectivity index (χ4n) is 16.1. The van der Waals surface area contributed by atoms with Crippen LogP contribution in [-0.4, -0.2) is 79.2 Å². The van der Waals surface area contributed by atoms with Gasteiger partial charge in [-0.25, -0.2) is 13.4 Å². The Balaban J connectivity index is 1.02. The predicted molar refractivity (Wildman–Crippen MR) is 237 cm³/mol. The number of aliphatic carboxylic acids is 1. The van der Waals surface area contributed by atoms with Crippen LogP contribution in [0.1, 0.15) is 131 Å². The number of sulfone groups is 1. The van der Waals surface area contributed by atoms with E-state index < -0.39 is 21.2 Å². The first-order valence-corrected chi connectivity index (χ1v) is 25.0. The van der Waals surface area contributed by atoms with Crippen molar-refractivity contribution in [3.63, 3.8) is 0 Å². The highest BCUT2D eigenvalue weighted by molar-refractivity contribution is 7.91. The van der Waals surface area contributed by atoms with E-state index in [2.05, 4.69) is 88.5 Å². The lowest BCUT2D eigenvalue weighted by Gasteiger charge is -2.74. The van der Waals surface area contributed by atoms with Crippen LogP contribution in [0.15, 0.2) is 53.8 Å². The van der Waals surface area contributed by atoms with Gasteiger partial charge in [-0.2, -0.15) is 5.26 Å². The minimum absolute atomic E-state index is 0.0167. The molecule has 1 aliphatic heterocycles. The van der Waals surface area contributed by atoms with E-state index in [1.807, 2.05) is 0 Å². The van der Waals surface area contributed by atoms with Crippen molar-refractivity contribution < 1.29 is 23.1 Å². The van der Waals surface area contributed by atoms with E-state index in [9.17, 15) is 23.6 Å². The summed E-state index contributed by atoms with van der Waals surface area (Å²) in [4.78, 5) is 19.4. The molecule has 2 N–H and O–H groups in total. The SMILES string of the molecule is C=C(C)[C@@H]1CC[C@]2(NCCN3CCS(=O)(=O)CC3)CC[C@]3(C)C(CC[C@@H]4[C@@]5(C)CC=C(C6=CC[C@@](COc7ncccc7C#N)(C(=O)O)CC6)C(C)(C)[C@@H]5CC[C@]43C)[C@@]12C. The van der Waals surface area contributed by atoms with Crippen LogP contribution in [0, 0.1) is 67.5 Å². The van der Waals surface area contributed by atoms with Gasteiger partial charge in [0.15, 0.2) is 9.84 Å². The molecule has 5 fully saturated rings. The number of pyridine rings is 1. The number of rotatable bonds is 10. The summed E-state index contributed by atoms with van der Waals surface area (Å²) in [5.74, 6) is 2.13. The Kier molecular flexibility index (Phi) is 11.0. The third-order valence-electron chi connectivity index (χ3n) is 19.6. The van der Waals surface area contributed by atoms with Crippen LogP contribution in [0.4, 0.5) is 0 Å². The standard InChI is InChI=1S/C50H72N4O5S/c1-34(2)37-16-22-50(53-26-27-54-28-30-60(57,58)31-29-54)24-23-47(7)41(48(37,50)8)12-11-40-45(5)18-15-38(44(3,4)39(45)17-19-46(40,47)6)35-13-20-49(21-14-35,43(55)56)33-59-42-36(32-51)10-9-25-52-42/h9-10,13,15,25,37,39-41,53H,1,11-12,14,16-24,26-31,33H2,2-8H3,(H,55,56)/t37-,39-,40+,41?,45-,46+,47+,48+,49+,50-/m0/s1. The topological polar surface area (TPSA) is 133 Å². The quantitative estimate of drug-likeness (QED) is 0.222. The van der Waals surface area contributed by atoms with E-state index in [-0.39, 0.29) is 56.6 Å². The fourth-order valence-corrected chi connectivity index (χ4v) is 17.4. The molecule has 7 aliphatic rings. The summed E-state index contributed by atoms with van der Waals surface area (Å²) < 4.78 is 30.2. The van der Waals surface area contributed by atoms with Crippen LogP contribution in [0.3, 0.4) is 0 Å². The Morgan fingerprint density at radius 3 is 2.35 bits per heavy atom. The summed E-state index contributed by atoms with van der Waals surface area (Å²) >= 11 is 0. The third-order valence-corrected chi connectivity index (χ3v) is 21.2. The van der Waals surface area contributed by atoms with E-state index in [1.54, 1.807) is 18.3 Å². The number of carboxylic acid groups (broad SMARTS) is 1. The molecule has 0 aromatic carbocycles. The van der Waals surface area contributed by atoms with Gasteiger partial charge in [0.25, 0.3) is 0 Å². The van der Waals surface area contributed by atoms with Gasteiger partial charge in [0, 0.05) is 37.9 Å². The number of hydrogen-bond acceptors (Lipinski definition) is 8. The Morgan fingerprint density at radius 1 is 0.967 bits per heavy atom. The molecule has 2 heterocycles. The van der Waals surface area contributed by atoms with Crippen LogP contribution >= 0.6 is 0 Å². The van der Waals surface area contributed by atoms with Crippen LogP contribution in [0.5, 0.6) is 5.88 Å². The van der Waals surface area contributed by atoms with Crippen molar-refractivity contribution in [2.45, 2.75) is 131 Å². The number of allylic oxidation sites excluding steroid dienone is 5. The average molecular weight is 841 g/mol. The van der Waals surface area contributed by atoms with E-state index in [4.69, 9.17) is 4.74 Å². The second-order valence-corrected chi connectivity index (χ2v) is 24.5. The maximum absolute atomic E-state index is 12.8. The molecule has 1 unspecified atom stereocenters. The van der Waals surface area contributed by atoms with E-state index >= 15 is 0 Å². The zero-order valence-electron chi connectivity index (χ0n) is 37.7. The van der Waals surface area contributed by atoms with E-state index in [1.165, 1.54) is 68.1 Å². The predicted octanol–water partition coefficient (Wildman–Crippen LogP) is 9.17. The highest BCUT2D eigenvalue weighted by Gasteiger charge is 2.74. The van der Waals surface area contributed by atoms with Gasteiger partial charge in [-0.1, -0.05) is 65.8 Å². The third kappa shape index (κ3) is 6.51. The normalized spacial score (nSPS) is 41.9. The lowest BCUT2D eigenvalue weighted by atomic mass is 9.31. The number of nitriles is 1.